The second-order valence-electron chi connectivity index (χ2n) is 6.05. The molecular weight excluding hydrogens is 399 g/mol. The number of guanidine groups is 1. The van der Waals surface area contributed by atoms with Crippen LogP contribution in [-0.2, 0) is 26.1 Å². The van der Waals surface area contributed by atoms with Crippen LogP contribution in [0.3, 0.4) is 0 Å². The zero-order valence-electron chi connectivity index (χ0n) is 15.5. The lowest BCUT2D eigenvalue weighted by atomic mass is 10.2. The Morgan fingerprint density at radius 2 is 2.14 bits per heavy atom. The predicted molar refractivity (Wildman–Crippen MR) is 111 cm³/mol. The molecule has 0 unspecified atom stereocenters. The second-order valence-corrected chi connectivity index (χ2v) is 6.90. The van der Waals surface area contributed by atoms with E-state index in [1.165, 1.54) is 0 Å². The van der Waals surface area contributed by atoms with E-state index in [9.17, 15) is 0 Å². The van der Waals surface area contributed by atoms with E-state index in [1.54, 1.807) is 24.7 Å². The second kappa shape index (κ2) is 10.1. The maximum Gasteiger partial charge on any atom is 0.192 e. The van der Waals surface area contributed by atoms with Crippen LogP contribution < -0.4 is 10.6 Å². The lowest BCUT2D eigenvalue weighted by Gasteiger charge is -2.13. The first-order valence-corrected chi connectivity index (χ1v) is 9.76. The van der Waals surface area contributed by atoms with Gasteiger partial charge >= 0.3 is 0 Å². The van der Waals surface area contributed by atoms with Gasteiger partial charge in [0.25, 0.3) is 0 Å². The van der Waals surface area contributed by atoms with Crippen LogP contribution in [0, 0.1) is 0 Å². The van der Waals surface area contributed by atoms with Gasteiger partial charge in [0.15, 0.2) is 5.96 Å². The van der Waals surface area contributed by atoms with E-state index >= 15 is 0 Å². The third-order valence-electron chi connectivity index (χ3n) is 4.09. The minimum Gasteiger partial charge on any atom is -0.467 e. The summed E-state index contributed by atoms with van der Waals surface area (Å²) >= 11 is 12.2. The molecule has 2 N–H and O–H groups in total. The van der Waals surface area contributed by atoms with Gasteiger partial charge in [-0.2, -0.15) is 0 Å². The number of hydrogen-bond acceptors (Lipinski definition) is 4. The number of aliphatic imine (C=N–C) groups is 1. The summed E-state index contributed by atoms with van der Waals surface area (Å²) < 4.78 is 7.39. The fourth-order valence-corrected chi connectivity index (χ4v) is 3.07. The maximum absolute atomic E-state index is 6.25. The molecule has 3 rings (SSSR count). The van der Waals surface area contributed by atoms with Crippen LogP contribution in [0.4, 0.5) is 0 Å². The zero-order chi connectivity index (χ0) is 19.8. The first-order chi connectivity index (χ1) is 13.7. The van der Waals surface area contributed by atoms with Crippen molar-refractivity contribution in [1.29, 1.82) is 0 Å². The van der Waals surface area contributed by atoms with Crippen LogP contribution in [0.5, 0.6) is 0 Å². The lowest BCUT2D eigenvalue weighted by molar-refractivity contribution is 0.501. The number of halogens is 2. The van der Waals surface area contributed by atoms with Crippen LogP contribution in [0.25, 0.3) is 0 Å². The summed E-state index contributed by atoms with van der Waals surface area (Å²) in [6, 6.07) is 9.16. The Hall–Kier alpha value is -2.51. The average molecular weight is 421 g/mol. The number of nitrogens with zero attached hydrogens (tertiary/aromatic N) is 4. The number of rotatable bonds is 8. The van der Waals surface area contributed by atoms with Gasteiger partial charge in [-0.3, -0.25) is 0 Å². The Bertz CT molecular complexity index is 907. The number of furan rings is 1. The molecule has 9 heteroatoms. The van der Waals surface area contributed by atoms with Crippen LogP contribution in [0.1, 0.15) is 24.1 Å². The fraction of sp³-hybridized carbons (Fsp3) is 0.316. The van der Waals surface area contributed by atoms with Crippen molar-refractivity contribution in [1.82, 2.24) is 25.4 Å². The highest BCUT2D eigenvalue weighted by molar-refractivity contribution is 6.35. The minimum absolute atomic E-state index is 0.427. The van der Waals surface area contributed by atoms with Crippen molar-refractivity contribution >= 4 is 29.2 Å². The van der Waals surface area contributed by atoms with Gasteiger partial charge in [0, 0.05) is 29.6 Å². The van der Waals surface area contributed by atoms with Crippen molar-refractivity contribution in [3.05, 3.63) is 70.1 Å². The molecule has 0 saturated heterocycles. The van der Waals surface area contributed by atoms with E-state index in [0.717, 1.165) is 30.1 Å². The summed E-state index contributed by atoms with van der Waals surface area (Å²) in [4.78, 5) is 4.63. The van der Waals surface area contributed by atoms with E-state index in [-0.39, 0.29) is 0 Å². The molecule has 3 aromatic rings. The molecule has 0 aliphatic heterocycles. The molecule has 0 atom stereocenters. The van der Waals surface area contributed by atoms with Crippen LogP contribution in [0.2, 0.25) is 10.0 Å². The summed E-state index contributed by atoms with van der Waals surface area (Å²) in [7, 11) is 0. The molecule has 1 aromatic carbocycles. The molecule has 148 valence electrons. The van der Waals surface area contributed by atoms with Crippen molar-refractivity contribution in [2.45, 2.75) is 33.0 Å². The molecule has 2 aromatic heterocycles. The topological polar surface area (TPSA) is 80.3 Å². The quantitative estimate of drug-likeness (QED) is 0.429. The molecule has 0 aliphatic rings. The Kier molecular flexibility index (Phi) is 7.33. The predicted octanol–water partition coefficient (Wildman–Crippen LogP) is 3.68. The monoisotopic (exact) mass is 420 g/mol. The first-order valence-electron chi connectivity index (χ1n) is 9.01. The smallest absolute Gasteiger partial charge is 0.192 e. The summed E-state index contributed by atoms with van der Waals surface area (Å²) in [5, 5.41) is 15.8. The Morgan fingerprint density at radius 3 is 2.89 bits per heavy atom. The van der Waals surface area contributed by atoms with E-state index < -0.39 is 0 Å². The molecule has 0 spiro atoms. The number of aryl methyl sites for hydroxylation is 1. The number of aromatic nitrogens is 3. The normalized spacial score (nSPS) is 11.6. The summed E-state index contributed by atoms with van der Waals surface area (Å²) in [5.74, 6) is 2.44. The van der Waals surface area contributed by atoms with Crippen LogP contribution >= 0.6 is 23.2 Å². The Balaban J connectivity index is 1.63. The average Bonchev–Trinajstić information content (AvgIpc) is 3.36. The molecule has 0 bridgehead atoms. The van der Waals surface area contributed by atoms with Gasteiger partial charge in [-0.05, 0) is 29.8 Å². The van der Waals surface area contributed by atoms with Gasteiger partial charge in [-0.1, -0.05) is 36.2 Å². The zero-order valence-corrected chi connectivity index (χ0v) is 17.0. The third-order valence-corrected chi connectivity index (χ3v) is 4.68. The fourth-order valence-electron chi connectivity index (χ4n) is 2.61. The molecule has 0 saturated carbocycles. The highest BCUT2D eigenvalue weighted by Crippen LogP contribution is 2.21. The van der Waals surface area contributed by atoms with Crippen LogP contribution in [-0.4, -0.2) is 27.3 Å². The van der Waals surface area contributed by atoms with Crippen molar-refractivity contribution in [2.75, 3.05) is 6.54 Å². The molecule has 0 aliphatic carbocycles. The summed E-state index contributed by atoms with van der Waals surface area (Å²) in [5.41, 5.74) is 0.900. The number of hydrogen-bond donors (Lipinski definition) is 2. The molecule has 0 fully saturated rings. The standard InChI is InChI=1S/C19H22Cl2N6O/c1-2-18-26-25-13-27(18)8-7-22-19(24-12-16-4-3-9-28-16)23-11-14-5-6-15(20)10-17(14)21/h3-6,9-10,13H,2,7-8,11-12H2,1H3,(H2,22,23,24). The van der Waals surface area contributed by atoms with Gasteiger partial charge in [0.1, 0.15) is 17.9 Å². The van der Waals surface area contributed by atoms with Crippen molar-refractivity contribution in [2.24, 2.45) is 4.99 Å². The van der Waals surface area contributed by atoms with Crippen molar-refractivity contribution in [3.63, 3.8) is 0 Å². The Labute approximate surface area is 173 Å². The summed E-state index contributed by atoms with van der Waals surface area (Å²) in [6.45, 7) is 4.42. The minimum atomic E-state index is 0.427. The van der Waals surface area contributed by atoms with E-state index in [2.05, 4.69) is 32.7 Å². The highest BCUT2D eigenvalue weighted by atomic mass is 35.5. The Morgan fingerprint density at radius 1 is 1.25 bits per heavy atom. The number of nitrogens with one attached hydrogen (secondary N) is 2. The molecule has 7 nitrogen and oxygen atoms in total. The largest absolute Gasteiger partial charge is 0.467 e. The highest BCUT2D eigenvalue weighted by Gasteiger charge is 2.05. The van der Waals surface area contributed by atoms with E-state index in [1.807, 2.05) is 22.8 Å². The van der Waals surface area contributed by atoms with E-state index in [4.69, 9.17) is 27.6 Å². The molecule has 2 heterocycles. The molecule has 0 amide bonds. The maximum atomic E-state index is 6.25. The molecular formula is C19H22Cl2N6O. The lowest BCUT2D eigenvalue weighted by Crippen LogP contribution is -2.38. The summed E-state index contributed by atoms with van der Waals surface area (Å²) in [6.07, 6.45) is 4.22. The van der Waals surface area contributed by atoms with Gasteiger partial charge in [-0.25, -0.2) is 4.99 Å². The van der Waals surface area contributed by atoms with Crippen molar-refractivity contribution < 1.29 is 4.42 Å². The molecule has 28 heavy (non-hydrogen) atoms. The van der Waals surface area contributed by atoms with Gasteiger partial charge in [0.05, 0.1) is 19.4 Å². The van der Waals surface area contributed by atoms with Gasteiger partial charge < -0.3 is 19.6 Å². The number of benzene rings is 1. The SMILES string of the molecule is CCc1nncn1CCNC(=NCc1ccc(Cl)cc1Cl)NCc1ccco1. The van der Waals surface area contributed by atoms with Gasteiger partial charge in [0.2, 0.25) is 0 Å². The van der Waals surface area contributed by atoms with Crippen molar-refractivity contribution in [3.8, 4) is 0 Å². The molecule has 0 radical (unpaired) electrons. The van der Waals surface area contributed by atoms with E-state index in [0.29, 0.717) is 35.6 Å². The van der Waals surface area contributed by atoms with Gasteiger partial charge in [-0.15, -0.1) is 10.2 Å². The third kappa shape index (κ3) is 5.74. The van der Waals surface area contributed by atoms with Crippen LogP contribution in [0.15, 0.2) is 52.3 Å². The first kappa shape index (κ1) is 20.2.